The minimum atomic E-state index is -0.161. The van der Waals surface area contributed by atoms with E-state index in [0.717, 1.165) is 25.3 Å². The summed E-state index contributed by atoms with van der Waals surface area (Å²) in [5.41, 5.74) is 2.50. The third kappa shape index (κ3) is 4.52. The molecule has 0 aliphatic carbocycles. The molecule has 0 amide bonds. The second-order valence-corrected chi connectivity index (χ2v) is 6.94. The summed E-state index contributed by atoms with van der Waals surface area (Å²) in [6.07, 6.45) is 0.984. The lowest BCUT2D eigenvalue weighted by Gasteiger charge is -2.33. The van der Waals surface area contributed by atoms with E-state index in [9.17, 15) is 0 Å². The lowest BCUT2D eigenvalue weighted by atomic mass is 9.85. The van der Waals surface area contributed by atoms with Crippen LogP contribution in [-0.2, 0) is 5.41 Å². The Kier molecular flexibility index (Phi) is 5.64. The number of hydrogen-bond acceptors (Lipinski definition) is 2. The number of benzene rings is 1. The summed E-state index contributed by atoms with van der Waals surface area (Å²) in [4.78, 5) is 0. The molecule has 114 valence electrons. The van der Waals surface area contributed by atoms with Crippen LogP contribution in [0, 0.1) is 6.92 Å². The maximum Gasteiger partial charge on any atom is 0.123 e. The number of ether oxygens (including phenoxy) is 1. The molecular formula is C18H31NO. The number of rotatable bonds is 6. The first-order valence-electron chi connectivity index (χ1n) is 7.72. The van der Waals surface area contributed by atoms with Crippen molar-refractivity contribution < 1.29 is 4.74 Å². The van der Waals surface area contributed by atoms with Gasteiger partial charge in [-0.25, -0.2) is 0 Å². The first-order valence-corrected chi connectivity index (χ1v) is 7.72. The summed E-state index contributed by atoms with van der Waals surface area (Å²) in [5, 5.41) is 3.40. The van der Waals surface area contributed by atoms with Crippen molar-refractivity contribution in [3.05, 3.63) is 29.3 Å². The van der Waals surface area contributed by atoms with E-state index in [1.165, 1.54) is 11.1 Å². The summed E-state index contributed by atoms with van der Waals surface area (Å²) < 4.78 is 6.40. The predicted octanol–water partition coefficient (Wildman–Crippen LogP) is 4.45. The van der Waals surface area contributed by atoms with Crippen molar-refractivity contribution in [2.45, 2.75) is 65.9 Å². The van der Waals surface area contributed by atoms with Crippen molar-refractivity contribution in [3.63, 3.8) is 0 Å². The third-order valence-electron chi connectivity index (χ3n) is 3.80. The van der Waals surface area contributed by atoms with E-state index in [2.05, 4.69) is 72.0 Å². The minimum Gasteiger partial charge on any atom is -0.486 e. The van der Waals surface area contributed by atoms with Crippen LogP contribution in [0.25, 0.3) is 0 Å². The van der Waals surface area contributed by atoms with Crippen LogP contribution in [0.5, 0.6) is 5.75 Å². The van der Waals surface area contributed by atoms with Crippen molar-refractivity contribution in [2.75, 3.05) is 13.1 Å². The summed E-state index contributed by atoms with van der Waals surface area (Å²) in [7, 11) is 0. The fourth-order valence-electron chi connectivity index (χ4n) is 2.21. The molecular weight excluding hydrogens is 246 g/mol. The van der Waals surface area contributed by atoms with Crippen LogP contribution in [0.2, 0.25) is 0 Å². The highest BCUT2D eigenvalue weighted by Crippen LogP contribution is 2.34. The maximum atomic E-state index is 6.40. The Labute approximate surface area is 124 Å². The molecule has 0 heterocycles. The van der Waals surface area contributed by atoms with E-state index in [-0.39, 0.29) is 11.0 Å². The van der Waals surface area contributed by atoms with Gasteiger partial charge in [-0.15, -0.1) is 0 Å². The SMILES string of the molecule is CCNCC(C)(CC)Oc1ccc(C)cc1C(C)(C)C. The second-order valence-electron chi connectivity index (χ2n) is 6.94. The molecule has 1 atom stereocenters. The molecule has 1 aromatic rings. The number of hydrogen-bond donors (Lipinski definition) is 1. The predicted molar refractivity (Wildman–Crippen MR) is 87.7 cm³/mol. The molecule has 1 unspecified atom stereocenters. The van der Waals surface area contributed by atoms with E-state index in [1.807, 2.05) is 0 Å². The van der Waals surface area contributed by atoms with Crippen LogP contribution in [0.3, 0.4) is 0 Å². The lowest BCUT2D eigenvalue weighted by Crippen LogP contribution is -2.43. The molecule has 0 saturated carbocycles. The normalized spacial score (nSPS) is 14.9. The molecule has 1 aromatic carbocycles. The van der Waals surface area contributed by atoms with Crippen LogP contribution in [0.1, 0.15) is 59.1 Å². The quantitative estimate of drug-likeness (QED) is 0.829. The van der Waals surface area contributed by atoms with Gasteiger partial charge in [0, 0.05) is 6.54 Å². The average Bonchev–Trinajstić information content (AvgIpc) is 2.37. The molecule has 0 aliphatic rings. The molecule has 0 aliphatic heterocycles. The Morgan fingerprint density at radius 3 is 2.25 bits per heavy atom. The lowest BCUT2D eigenvalue weighted by molar-refractivity contribution is 0.0818. The first kappa shape index (κ1) is 17.0. The van der Waals surface area contributed by atoms with Crippen LogP contribution in [-0.4, -0.2) is 18.7 Å². The van der Waals surface area contributed by atoms with Crippen molar-refractivity contribution in [1.29, 1.82) is 0 Å². The summed E-state index contributed by atoms with van der Waals surface area (Å²) >= 11 is 0. The van der Waals surface area contributed by atoms with Crippen LogP contribution in [0.15, 0.2) is 18.2 Å². The zero-order chi connectivity index (χ0) is 15.4. The van der Waals surface area contributed by atoms with Gasteiger partial charge in [-0.05, 0) is 43.9 Å². The summed E-state index contributed by atoms with van der Waals surface area (Å²) in [6.45, 7) is 17.2. The average molecular weight is 277 g/mol. The molecule has 20 heavy (non-hydrogen) atoms. The highest BCUT2D eigenvalue weighted by molar-refractivity contribution is 5.41. The van der Waals surface area contributed by atoms with Crippen molar-refractivity contribution in [1.82, 2.24) is 5.32 Å². The van der Waals surface area contributed by atoms with Gasteiger partial charge in [0.2, 0.25) is 0 Å². The van der Waals surface area contributed by atoms with Gasteiger partial charge in [0.25, 0.3) is 0 Å². The van der Waals surface area contributed by atoms with Crippen molar-refractivity contribution in [3.8, 4) is 5.75 Å². The second kappa shape index (κ2) is 6.62. The maximum absolute atomic E-state index is 6.40. The van der Waals surface area contributed by atoms with Crippen LogP contribution >= 0.6 is 0 Å². The molecule has 0 radical (unpaired) electrons. The van der Waals surface area contributed by atoms with E-state index in [0.29, 0.717) is 0 Å². The Bertz CT molecular complexity index is 434. The van der Waals surface area contributed by atoms with E-state index in [4.69, 9.17) is 4.74 Å². The topological polar surface area (TPSA) is 21.3 Å². The molecule has 0 saturated heterocycles. The highest BCUT2D eigenvalue weighted by atomic mass is 16.5. The Hall–Kier alpha value is -1.02. The van der Waals surface area contributed by atoms with Crippen molar-refractivity contribution >= 4 is 0 Å². The molecule has 1 N–H and O–H groups in total. The van der Waals surface area contributed by atoms with Gasteiger partial charge in [0.05, 0.1) is 0 Å². The summed E-state index contributed by atoms with van der Waals surface area (Å²) in [6, 6.07) is 6.50. The van der Waals surface area contributed by atoms with E-state index < -0.39 is 0 Å². The number of aryl methyl sites for hydroxylation is 1. The van der Waals surface area contributed by atoms with Crippen LogP contribution in [0.4, 0.5) is 0 Å². The smallest absolute Gasteiger partial charge is 0.123 e. The molecule has 0 bridgehead atoms. The van der Waals surface area contributed by atoms with E-state index >= 15 is 0 Å². The summed E-state index contributed by atoms with van der Waals surface area (Å²) in [5.74, 6) is 1.02. The first-order chi connectivity index (χ1) is 9.22. The fourth-order valence-corrected chi connectivity index (χ4v) is 2.21. The Morgan fingerprint density at radius 1 is 1.10 bits per heavy atom. The standard InChI is InChI=1S/C18H31NO/c1-8-18(7,13-19-9-2)20-16-11-10-14(3)12-15(16)17(4,5)6/h10-12,19H,8-9,13H2,1-7H3. The molecule has 1 rings (SSSR count). The molecule has 2 heteroatoms. The van der Waals surface area contributed by atoms with E-state index in [1.54, 1.807) is 0 Å². The van der Waals surface area contributed by atoms with Crippen LogP contribution < -0.4 is 10.1 Å². The molecule has 0 fully saturated rings. The zero-order valence-corrected chi connectivity index (χ0v) is 14.3. The van der Waals surface area contributed by atoms with Gasteiger partial charge >= 0.3 is 0 Å². The fraction of sp³-hybridized carbons (Fsp3) is 0.667. The number of nitrogens with one attached hydrogen (secondary N) is 1. The Balaban J connectivity index is 3.07. The molecule has 2 nitrogen and oxygen atoms in total. The number of likely N-dealkylation sites (N-methyl/N-ethyl adjacent to an activating group) is 1. The highest BCUT2D eigenvalue weighted by Gasteiger charge is 2.27. The van der Waals surface area contributed by atoms with Crippen molar-refractivity contribution in [2.24, 2.45) is 0 Å². The van der Waals surface area contributed by atoms with Gasteiger partial charge < -0.3 is 10.1 Å². The monoisotopic (exact) mass is 277 g/mol. The van der Waals surface area contributed by atoms with Gasteiger partial charge in [-0.3, -0.25) is 0 Å². The van der Waals surface area contributed by atoms with Gasteiger partial charge in [0.15, 0.2) is 0 Å². The zero-order valence-electron chi connectivity index (χ0n) is 14.3. The van der Waals surface area contributed by atoms with Gasteiger partial charge in [-0.2, -0.15) is 0 Å². The molecule has 0 aromatic heterocycles. The minimum absolute atomic E-state index is 0.0915. The molecule has 0 spiro atoms. The van der Waals surface area contributed by atoms with Gasteiger partial charge in [-0.1, -0.05) is 52.3 Å². The Morgan fingerprint density at radius 2 is 1.75 bits per heavy atom. The largest absolute Gasteiger partial charge is 0.486 e. The van der Waals surface area contributed by atoms with Gasteiger partial charge in [0.1, 0.15) is 11.4 Å². The third-order valence-corrected chi connectivity index (χ3v) is 3.80.